The van der Waals surface area contributed by atoms with Crippen molar-refractivity contribution in [2.24, 2.45) is 0 Å². The number of alkyl halides is 6. The molecule has 0 saturated carbocycles. The number of carbonyl (C=O) groups is 1. The normalized spacial score (nSPS) is 12.3. The molecule has 0 spiro atoms. The van der Waals surface area contributed by atoms with Crippen LogP contribution in [0.2, 0.25) is 5.02 Å². The Morgan fingerprint density at radius 2 is 1.35 bits per heavy atom. The molecule has 0 aliphatic rings. The van der Waals surface area contributed by atoms with Crippen molar-refractivity contribution in [2.75, 3.05) is 17.4 Å². The Kier molecular flexibility index (Phi) is 8.08. The number of hydrogen-bond donors (Lipinski definition) is 1. The van der Waals surface area contributed by atoms with Crippen LogP contribution in [0.3, 0.4) is 0 Å². The van der Waals surface area contributed by atoms with Crippen molar-refractivity contribution in [1.82, 2.24) is 5.32 Å². The lowest BCUT2D eigenvalue weighted by Crippen LogP contribution is -2.38. The van der Waals surface area contributed by atoms with E-state index in [2.05, 4.69) is 5.32 Å². The van der Waals surface area contributed by atoms with Gasteiger partial charge in [0.2, 0.25) is 0 Å². The number of amides is 1. The van der Waals surface area contributed by atoms with Crippen LogP contribution in [-0.4, -0.2) is 27.4 Å². The van der Waals surface area contributed by atoms with Gasteiger partial charge in [0.25, 0.3) is 15.9 Å². The summed E-state index contributed by atoms with van der Waals surface area (Å²) >= 11 is 5.79. The highest BCUT2D eigenvalue weighted by molar-refractivity contribution is 7.92. The van der Waals surface area contributed by atoms with Crippen molar-refractivity contribution < 1.29 is 43.9 Å². The van der Waals surface area contributed by atoms with E-state index in [9.17, 15) is 43.9 Å². The minimum absolute atomic E-state index is 0.0102. The smallest absolute Gasteiger partial charge is 0.350 e. The first kappa shape index (κ1) is 28.3. The van der Waals surface area contributed by atoms with Gasteiger partial charge in [-0.2, -0.15) is 26.3 Å². The van der Waals surface area contributed by atoms with E-state index in [1.165, 1.54) is 24.3 Å². The maximum atomic E-state index is 13.4. The van der Waals surface area contributed by atoms with Gasteiger partial charge >= 0.3 is 12.4 Å². The van der Waals surface area contributed by atoms with Gasteiger partial charge in [-0.3, -0.25) is 9.10 Å². The molecule has 0 fully saturated rings. The molecule has 0 aromatic heterocycles. The third kappa shape index (κ3) is 6.92. The summed E-state index contributed by atoms with van der Waals surface area (Å²) in [6.45, 7) is -1.01. The van der Waals surface area contributed by atoms with Gasteiger partial charge in [-0.25, -0.2) is 12.8 Å². The molecule has 0 heterocycles. The fourth-order valence-electron chi connectivity index (χ4n) is 3.19. The Morgan fingerprint density at radius 3 is 1.84 bits per heavy atom. The molecule has 0 unspecified atom stereocenters. The monoisotopic (exact) mass is 568 g/mol. The van der Waals surface area contributed by atoms with Crippen molar-refractivity contribution >= 4 is 33.2 Å². The zero-order valence-corrected chi connectivity index (χ0v) is 19.9. The summed E-state index contributed by atoms with van der Waals surface area (Å²) in [5.74, 6) is -1.95. The summed E-state index contributed by atoms with van der Waals surface area (Å²) in [6, 6.07) is 9.68. The number of anilines is 1. The number of carbonyl (C=O) groups excluding carboxylic acids is 1. The van der Waals surface area contributed by atoms with E-state index < -0.39 is 63.9 Å². The first-order chi connectivity index (χ1) is 17.1. The summed E-state index contributed by atoms with van der Waals surface area (Å²) in [4.78, 5) is 12.2. The van der Waals surface area contributed by atoms with Crippen LogP contribution in [0.15, 0.2) is 71.6 Å². The van der Waals surface area contributed by atoms with Gasteiger partial charge in [0.15, 0.2) is 0 Å². The Hall–Kier alpha value is -3.32. The van der Waals surface area contributed by atoms with Crippen molar-refractivity contribution in [3.8, 4) is 0 Å². The van der Waals surface area contributed by atoms with E-state index >= 15 is 0 Å². The van der Waals surface area contributed by atoms with Gasteiger partial charge in [-0.05, 0) is 66.7 Å². The average molecular weight is 569 g/mol. The van der Waals surface area contributed by atoms with Crippen LogP contribution < -0.4 is 9.62 Å². The second kappa shape index (κ2) is 10.6. The molecule has 0 bridgehead atoms. The lowest BCUT2D eigenvalue weighted by Gasteiger charge is -2.25. The van der Waals surface area contributed by atoms with E-state index in [1.54, 1.807) is 0 Å². The van der Waals surface area contributed by atoms with Crippen LogP contribution in [0.4, 0.5) is 36.4 Å². The molecule has 0 saturated heterocycles. The van der Waals surface area contributed by atoms with E-state index in [0.717, 1.165) is 28.6 Å². The van der Waals surface area contributed by atoms with Crippen LogP contribution in [-0.2, 0) is 22.4 Å². The van der Waals surface area contributed by atoms with Gasteiger partial charge in [0.05, 0.1) is 28.3 Å². The van der Waals surface area contributed by atoms with Crippen LogP contribution >= 0.6 is 11.6 Å². The SMILES string of the molecule is O=C(NCCN(c1ccc(F)cc1)S(=O)(=O)c1ccc(Cl)cc1)c1cc(C(F)(F)F)cc(C(F)(F)F)c1. The molecular formula is C23H16ClF7N2O3S. The van der Waals surface area contributed by atoms with Crippen molar-refractivity contribution in [3.63, 3.8) is 0 Å². The Morgan fingerprint density at radius 1 is 0.838 bits per heavy atom. The standard InChI is InChI=1S/C23H16ClF7N2O3S/c24-17-1-7-20(8-2-17)37(35,36)33(19-5-3-18(25)4-6-19)10-9-32-21(34)14-11-15(22(26,27)28)13-16(12-14)23(29,30)31/h1-8,11-13H,9-10H2,(H,32,34). The highest BCUT2D eigenvalue weighted by Gasteiger charge is 2.37. The van der Waals surface area contributed by atoms with E-state index in [4.69, 9.17) is 11.6 Å². The number of hydrogen-bond acceptors (Lipinski definition) is 3. The number of nitrogens with one attached hydrogen (secondary N) is 1. The third-order valence-electron chi connectivity index (χ3n) is 4.97. The number of sulfonamides is 1. The van der Waals surface area contributed by atoms with Crippen LogP contribution in [0.1, 0.15) is 21.5 Å². The van der Waals surface area contributed by atoms with Crippen molar-refractivity contribution in [3.05, 3.63) is 94.3 Å². The average Bonchev–Trinajstić information content (AvgIpc) is 2.81. The summed E-state index contributed by atoms with van der Waals surface area (Å²) in [5, 5.41) is 2.37. The third-order valence-corrected chi connectivity index (χ3v) is 7.06. The number of benzene rings is 3. The first-order valence-electron chi connectivity index (χ1n) is 10.2. The molecule has 1 N–H and O–H groups in total. The van der Waals surface area contributed by atoms with Crippen molar-refractivity contribution in [1.29, 1.82) is 0 Å². The van der Waals surface area contributed by atoms with Gasteiger partial charge in [-0.1, -0.05) is 11.6 Å². The maximum Gasteiger partial charge on any atom is 0.416 e. The zero-order valence-electron chi connectivity index (χ0n) is 18.4. The Balaban J connectivity index is 1.87. The highest BCUT2D eigenvalue weighted by atomic mass is 35.5. The largest absolute Gasteiger partial charge is 0.416 e. The van der Waals surface area contributed by atoms with Crippen LogP contribution in [0, 0.1) is 5.82 Å². The van der Waals surface area contributed by atoms with Crippen molar-refractivity contribution in [2.45, 2.75) is 17.2 Å². The molecule has 37 heavy (non-hydrogen) atoms. The summed E-state index contributed by atoms with van der Waals surface area (Å²) in [7, 11) is -4.30. The fraction of sp³-hybridized carbons (Fsp3) is 0.174. The quantitative estimate of drug-likeness (QED) is 0.348. The van der Waals surface area contributed by atoms with Crippen LogP contribution in [0.25, 0.3) is 0 Å². The molecule has 14 heteroatoms. The molecule has 1 amide bonds. The molecule has 0 radical (unpaired) electrons. The zero-order chi connectivity index (χ0) is 27.6. The molecule has 0 aliphatic heterocycles. The first-order valence-corrected chi connectivity index (χ1v) is 12.0. The maximum absolute atomic E-state index is 13.4. The summed E-state index contributed by atoms with van der Waals surface area (Å²) in [5.41, 5.74) is -4.28. The Labute approximate surface area is 211 Å². The molecule has 3 rings (SSSR count). The molecular weight excluding hydrogens is 553 g/mol. The second-order valence-corrected chi connectivity index (χ2v) is 9.86. The lowest BCUT2D eigenvalue weighted by molar-refractivity contribution is -0.143. The number of rotatable bonds is 7. The fourth-order valence-corrected chi connectivity index (χ4v) is 4.78. The lowest BCUT2D eigenvalue weighted by atomic mass is 10.0. The predicted octanol–water partition coefficient (Wildman–Crippen LogP) is 6.14. The second-order valence-electron chi connectivity index (χ2n) is 7.56. The van der Waals surface area contributed by atoms with E-state index in [1.807, 2.05) is 0 Å². The highest BCUT2D eigenvalue weighted by Crippen LogP contribution is 2.36. The van der Waals surface area contributed by atoms with Crippen LogP contribution in [0.5, 0.6) is 0 Å². The summed E-state index contributed by atoms with van der Waals surface area (Å²) in [6.07, 6.45) is -10.3. The van der Waals surface area contributed by atoms with Gasteiger partial charge < -0.3 is 5.32 Å². The molecule has 198 valence electrons. The molecule has 3 aromatic rings. The molecule has 0 aliphatic carbocycles. The van der Waals surface area contributed by atoms with Gasteiger partial charge in [0, 0.05) is 17.1 Å². The Bertz CT molecular complexity index is 1340. The molecule has 3 aromatic carbocycles. The predicted molar refractivity (Wildman–Crippen MR) is 121 cm³/mol. The number of halogens is 8. The molecule has 5 nitrogen and oxygen atoms in total. The van der Waals surface area contributed by atoms with E-state index in [0.29, 0.717) is 0 Å². The minimum Gasteiger partial charge on any atom is -0.350 e. The summed E-state index contributed by atoms with van der Waals surface area (Å²) < 4.78 is 119. The molecule has 0 atom stereocenters. The minimum atomic E-state index is -5.15. The number of nitrogens with zero attached hydrogens (tertiary/aromatic N) is 1. The van der Waals surface area contributed by atoms with Gasteiger partial charge in [0.1, 0.15) is 5.82 Å². The van der Waals surface area contributed by atoms with E-state index in [-0.39, 0.29) is 33.8 Å². The van der Waals surface area contributed by atoms with Gasteiger partial charge in [-0.15, -0.1) is 0 Å². The topological polar surface area (TPSA) is 66.5 Å².